The van der Waals surface area contributed by atoms with Crippen LogP contribution < -0.4 is 4.89 Å². The quantitative estimate of drug-likeness (QED) is 0.256. The van der Waals surface area contributed by atoms with Crippen LogP contribution in [0, 0.1) is 0 Å². The highest BCUT2D eigenvalue weighted by Crippen LogP contribution is 2.37. The molecule has 118 valence electrons. The van der Waals surface area contributed by atoms with Gasteiger partial charge in [0, 0.05) is 5.57 Å². The molecular weight excluding hydrogens is 285 g/mol. The summed E-state index contributed by atoms with van der Waals surface area (Å²) < 4.78 is 25.8. The normalized spacial score (nSPS) is 14.7. The van der Waals surface area contributed by atoms with Gasteiger partial charge in [-0.05, 0) is 13.8 Å². The van der Waals surface area contributed by atoms with E-state index in [0.29, 0.717) is 23.1 Å². The molecule has 1 unspecified atom stereocenters. The summed E-state index contributed by atoms with van der Waals surface area (Å²) >= 11 is 0. The number of quaternary nitrogens is 1. The molecule has 0 saturated carbocycles. The van der Waals surface area contributed by atoms with Gasteiger partial charge in [-0.1, -0.05) is 6.58 Å². The molecule has 20 heavy (non-hydrogen) atoms. The van der Waals surface area contributed by atoms with Gasteiger partial charge >= 0.3 is 5.97 Å². The van der Waals surface area contributed by atoms with Gasteiger partial charge in [0.25, 0.3) is 7.82 Å². The molecule has 0 aromatic heterocycles. The molecule has 0 amide bonds. The van der Waals surface area contributed by atoms with E-state index < -0.39 is 13.8 Å². The number of nitrogens with zero attached hydrogens (tertiary/aromatic N) is 1. The molecule has 0 spiro atoms. The summed E-state index contributed by atoms with van der Waals surface area (Å²) in [5.74, 6) is -0.429. The van der Waals surface area contributed by atoms with Crippen molar-refractivity contribution < 1.29 is 32.5 Å². The molecule has 0 aliphatic rings. The molecule has 0 saturated heterocycles. The highest BCUT2D eigenvalue weighted by atomic mass is 31.2. The second-order valence-electron chi connectivity index (χ2n) is 5.00. The van der Waals surface area contributed by atoms with E-state index in [4.69, 9.17) is 9.26 Å². The fourth-order valence-corrected chi connectivity index (χ4v) is 1.91. The Hall–Kier alpha value is -0.720. The van der Waals surface area contributed by atoms with Crippen molar-refractivity contribution in [3.05, 3.63) is 12.2 Å². The summed E-state index contributed by atoms with van der Waals surface area (Å²) in [7, 11) is -0.424. The molecule has 7 nitrogen and oxygen atoms in total. The zero-order chi connectivity index (χ0) is 15.8. The Balaban J connectivity index is 3.99. The predicted molar refractivity (Wildman–Crippen MR) is 72.8 cm³/mol. The predicted octanol–water partition coefficient (Wildman–Crippen LogP) is 0.704. The Morgan fingerprint density at radius 3 is 2.30 bits per heavy atom. The molecule has 0 bridgehead atoms. The molecule has 0 rings (SSSR count). The smallest absolute Gasteiger partial charge is 0.333 e. The number of carbonyl (C=O) groups is 1. The maximum atomic E-state index is 11.2. The van der Waals surface area contributed by atoms with E-state index in [1.807, 2.05) is 14.1 Å². The van der Waals surface area contributed by atoms with Gasteiger partial charge in [-0.2, -0.15) is 0 Å². The summed E-state index contributed by atoms with van der Waals surface area (Å²) in [6, 6.07) is 0. The molecule has 1 atom stereocenters. The Bertz CT molecular complexity index is 382. The van der Waals surface area contributed by atoms with E-state index in [-0.39, 0.29) is 19.8 Å². The van der Waals surface area contributed by atoms with Crippen molar-refractivity contribution in [3.63, 3.8) is 0 Å². The van der Waals surface area contributed by atoms with E-state index in [1.54, 1.807) is 13.8 Å². The van der Waals surface area contributed by atoms with Gasteiger partial charge in [0.05, 0.1) is 20.7 Å². The Labute approximate surface area is 120 Å². The molecule has 0 aliphatic heterocycles. The van der Waals surface area contributed by atoms with Crippen LogP contribution in [0.25, 0.3) is 0 Å². The first-order chi connectivity index (χ1) is 9.09. The fraction of sp³-hybridized carbons (Fsp3) is 0.750. The van der Waals surface area contributed by atoms with Crippen LogP contribution in [0.15, 0.2) is 12.2 Å². The first kappa shape index (κ1) is 19.3. The van der Waals surface area contributed by atoms with Crippen molar-refractivity contribution in [3.8, 4) is 0 Å². The standard InChI is InChI=1S/C12H24NO6P/c1-6-18-20(15,16)19-10-8-13(4,5)7-9-17-12(14)11(2)3/h2,6-10H2,1,3-5H3. The number of phosphoric ester groups is 1. The number of hydrogen-bond acceptors (Lipinski definition) is 6. The van der Waals surface area contributed by atoms with Crippen LogP contribution in [-0.4, -0.2) is 57.5 Å². The van der Waals surface area contributed by atoms with Gasteiger partial charge in [-0.25, -0.2) is 4.79 Å². The van der Waals surface area contributed by atoms with E-state index in [2.05, 4.69) is 11.1 Å². The monoisotopic (exact) mass is 309 g/mol. The van der Waals surface area contributed by atoms with Crippen LogP contribution in [0.3, 0.4) is 0 Å². The Kier molecular flexibility index (Phi) is 8.23. The lowest BCUT2D eigenvalue weighted by Gasteiger charge is -2.30. The fourth-order valence-electron chi connectivity index (χ4n) is 1.22. The van der Waals surface area contributed by atoms with Gasteiger partial charge in [-0.3, -0.25) is 4.57 Å². The second kappa shape index (κ2) is 8.54. The molecule has 0 aromatic carbocycles. The summed E-state index contributed by atoms with van der Waals surface area (Å²) in [6.45, 7) is 7.93. The lowest BCUT2D eigenvalue weighted by molar-refractivity contribution is -0.890. The van der Waals surface area contributed by atoms with Crippen molar-refractivity contribution in [2.24, 2.45) is 0 Å². The number of hydrogen-bond donors (Lipinski definition) is 0. The maximum Gasteiger partial charge on any atom is 0.333 e. The van der Waals surface area contributed by atoms with Crippen molar-refractivity contribution in [2.45, 2.75) is 13.8 Å². The number of likely N-dealkylation sites (N-methyl/N-ethyl adjacent to an activating group) is 1. The zero-order valence-corrected chi connectivity index (χ0v) is 13.5. The minimum absolute atomic E-state index is 0.0161. The van der Waals surface area contributed by atoms with Crippen LogP contribution in [0.2, 0.25) is 0 Å². The van der Waals surface area contributed by atoms with Crippen LogP contribution in [-0.2, 0) is 23.1 Å². The minimum Gasteiger partial charge on any atom is -0.756 e. The number of phosphoric acid groups is 1. The summed E-state index contributed by atoms with van der Waals surface area (Å²) in [6.07, 6.45) is 0. The molecule has 0 radical (unpaired) electrons. The van der Waals surface area contributed by atoms with E-state index in [0.717, 1.165) is 0 Å². The van der Waals surface area contributed by atoms with Crippen LogP contribution in [0.5, 0.6) is 0 Å². The molecule has 0 N–H and O–H groups in total. The van der Waals surface area contributed by atoms with Gasteiger partial charge in [-0.15, -0.1) is 0 Å². The number of ether oxygens (including phenoxy) is 1. The minimum atomic E-state index is -4.19. The summed E-state index contributed by atoms with van der Waals surface area (Å²) in [4.78, 5) is 22.4. The molecular formula is C12H24NO6P. The molecule has 0 aromatic rings. The zero-order valence-electron chi connectivity index (χ0n) is 12.6. The lowest BCUT2D eigenvalue weighted by atomic mass is 10.4. The average Bonchev–Trinajstić information content (AvgIpc) is 2.27. The first-order valence-electron chi connectivity index (χ1n) is 6.34. The number of carbonyl (C=O) groups excluding carboxylic acids is 1. The van der Waals surface area contributed by atoms with E-state index in [1.165, 1.54) is 0 Å². The van der Waals surface area contributed by atoms with Crippen molar-refractivity contribution in [2.75, 3.05) is 47.0 Å². The van der Waals surface area contributed by atoms with E-state index in [9.17, 15) is 14.3 Å². The summed E-state index contributed by atoms with van der Waals surface area (Å²) in [5, 5.41) is 0. The Morgan fingerprint density at radius 1 is 1.25 bits per heavy atom. The third-order valence-electron chi connectivity index (χ3n) is 2.51. The summed E-state index contributed by atoms with van der Waals surface area (Å²) in [5.41, 5.74) is 0.350. The SMILES string of the molecule is C=C(C)C(=O)OCC[N+](C)(C)CCOP(=O)([O-])OCC. The Morgan fingerprint density at radius 2 is 1.80 bits per heavy atom. The maximum absolute atomic E-state index is 11.2. The van der Waals surface area contributed by atoms with Crippen molar-refractivity contribution in [1.29, 1.82) is 0 Å². The van der Waals surface area contributed by atoms with Gasteiger partial charge in [0.2, 0.25) is 0 Å². The third-order valence-corrected chi connectivity index (χ3v) is 3.58. The number of rotatable bonds is 10. The van der Waals surface area contributed by atoms with Crippen LogP contribution in [0.4, 0.5) is 0 Å². The highest BCUT2D eigenvalue weighted by molar-refractivity contribution is 7.45. The third kappa shape index (κ3) is 9.23. The second-order valence-corrected chi connectivity index (χ2v) is 6.41. The largest absolute Gasteiger partial charge is 0.756 e. The highest BCUT2D eigenvalue weighted by Gasteiger charge is 2.18. The molecule has 8 heteroatoms. The van der Waals surface area contributed by atoms with Gasteiger partial charge in [0.1, 0.15) is 26.3 Å². The van der Waals surface area contributed by atoms with Crippen molar-refractivity contribution >= 4 is 13.8 Å². The van der Waals surface area contributed by atoms with Crippen molar-refractivity contribution in [1.82, 2.24) is 0 Å². The molecule has 0 aliphatic carbocycles. The average molecular weight is 309 g/mol. The topological polar surface area (TPSA) is 84.9 Å². The van der Waals surface area contributed by atoms with Gasteiger partial charge in [0.15, 0.2) is 0 Å². The van der Waals surface area contributed by atoms with Crippen LogP contribution >= 0.6 is 7.82 Å². The molecule has 0 heterocycles. The number of esters is 1. The molecule has 0 fully saturated rings. The van der Waals surface area contributed by atoms with E-state index >= 15 is 0 Å². The van der Waals surface area contributed by atoms with Crippen LogP contribution in [0.1, 0.15) is 13.8 Å². The van der Waals surface area contributed by atoms with Gasteiger partial charge < -0.3 is 23.2 Å². The first-order valence-corrected chi connectivity index (χ1v) is 7.80. The lowest BCUT2D eigenvalue weighted by Crippen LogP contribution is -2.45.